The molecule has 0 N–H and O–H groups in total. The first-order chi connectivity index (χ1) is 20.7. The smallest absolute Gasteiger partial charge is 0.137 e. The number of anilines is 6. The molecular weight excluding hydrogens is 512 g/mol. The van der Waals surface area contributed by atoms with Crippen molar-refractivity contribution in [3.63, 3.8) is 0 Å². The number of pyridine rings is 1. The number of hydrogen-bond acceptors (Lipinski definition) is 3. The number of rotatable bonds is 7. The summed E-state index contributed by atoms with van der Waals surface area (Å²) in [7, 11) is 0. The number of fused-ring (bicyclic) bond motifs is 1. The maximum absolute atomic E-state index is 4.86. The molecule has 5 aromatic carbocycles. The minimum atomic E-state index is 0.946. The monoisotopic (exact) mass is 542 g/mol. The van der Waals surface area contributed by atoms with Crippen LogP contribution in [-0.2, 0) is 0 Å². The van der Waals surface area contributed by atoms with E-state index in [1.165, 1.54) is 5.56 Å². The molecule has 2 aromatic heterocycles. The summed E-state index contributed by atoms with van der Waals surface area (Å²) in [5.41, 5.74) is 10.9. The minimum Gasteiger partial charge on any atom is -0.311 e. The third-order valence-corrected chi connectivity index (χ3v) is 7.52. The van der Waals surface area contributed by atoms with Crippen LogP contribution in [0.25, 0.3) is 16.9 Å². The van der Waals surface area contributed by atoms with Gasteiger partial charge in [-0.05, 0) is 97.4 Å². The van der Waals surface area contributed by atoms with Crippen LogP contribution in [0.1, 0.15) is 5.56 Å². The lowest BCUT2D eigenvalue weighted by Crippen LogP contribution is -2.12. The Balaban J connectivity index is 1.28. The van der Waals surface area contributed by atoms with Gasteiger partial charge in [-0.25, -0.2) is 4.98 Å². The van der Waals surface area contributed by atoms with Crippen molar-refractivity contribution >= 4 is 39.8 Å². The van der Waals surface area contributed by atoms with E-state index in [0.717, 1.165) is 51.0 Å². The number of aromatic nitrogens is 2. The van der Waals surface area contributed by atoms with Gasteiger partial charge in [0.15, 0.2) is 0 Å². The van der Waals surface area contributed by atoms with Crippen LogP contribution in [0.4, 0.5) is 34.1 Å². The topological polar surface area (TPSA) is 23.8 Å². The van der Waals surface area contributed by atoms with E-state index in [9.17, 15) is 0 Å². The highest BCUT2D eigenvalue weighted by molar-refractivity contribution is 5.82. The van der Waals surface area contributed by atoms with Crippen molar-refractivity contribution in [3.05, 3.63) is 170 Å². The third kappa shape index (κ3) is 4.91. The first-order valence-electron chi connectivity index (χ1n) is 14.1. The van der Waals surface area contributed by atoms with Gasteiger partial charge >= 0.3 is 0 Å². The van der Waals surface area contributed by atoms with Gasteiger partial charge in [0.1, 0.15) is 5.65 Å². The molecule has 7 rings (SSSR count). The Bertz CT molecular complexity index is 1860. The number of para-hydroxylation sites is 3. The van der Waals surface area contributed by atoms with Crippen molar-refractivity contribution in [2.24, 2.45) is 0 Å². The molecule has 0 fully saturated rings. The van der Waals surface area contributed by atoms with E-state index in [1.54, 1.807) is 0 Å². The number of hydrogen-bond donors (Lipinski definition) is 0. The van der Waals surface area contributed by atoms with Crippen LogP contribution in [0, 0.1) is 6.92 Å². The molecule has 4 nitrogen and oxygen atoms in total. The zero-order valence-corrected chi connectivity index (χ0v) is 23.4. The van der Waals surface area contributed by atoms with Crippen LogP contribution in [-0.4, -0.2) is 9.38 Å². The van der Waals surface area contributed by atoms with E-state index in [-0.39, 0.29) is 0 Å². The Morgan fingerprint density at radius 2 is 0.929 bits per heavy atom. The molecule has 0 aliphatic carbocycles. The van der Waals surface area contributed by atoms with Crippen molar-refractivity contribution in [3.8, 4) is 11.3 Å². The zero-order chi connectivity index (χ0) is 28.3. The summed E-state index contributed by atoms with van der Waals surface area (Å²) in [5, 5.41) is 0. The molecule has 0 aliphatic heterocycles. The molecule has 7 aromatic rings. The summed E-state index contributed by atoms with van der Waals surface area (Å²) in [5.74, 6) is 0. The summed E-state index contributed by atoms with van der Waals surface area (Å²) in [4.78, 5) is 9.44. The predicted octanol–water partition coefficient (Wildman–Crippen LogP) is 10.2. The number of benzene rings is 5. The maximum Gasteiger partial charge on any atom is 0.137 e. The van der Waals surface area contributed by atoms with Crippen LogP contribution in [0.3, 0.4) is 0 Å². The molecule has 0 aliphatic rings. The fourth-order valence-electron chi connectivity index (χ4n) is 5.52. The highest BCUT2D eigenvalue weighted by atomic mass is 15.2. The van der Waals surface area contributed by atoms with E-state index in [4.69, 9.17) is 4.98 Å². The molecule has 0 bridgehead atoms. The number of nitrogens with zero attached hydrogens (tertiary/aromatic N) is 4. The molecule has 42 heavy (non-hydrogen) atoms. The van der Waals surface area contributed by atoms with E-state index < -0.39 is 0 Å². The average molecular weight is 543 g/mol. The van der Waals surface area contributed by atoms with Gasteiger partial charge in [0, 0.05) is 52.1 Å². The van der Waals surface area contributed by atoms with Gasteiger partial charge in [0.25, 0.3) is 0 Å². The van der Waals surface area contributed by atoms with Gasteiger partial charge in [0.2, 0.25) is 0 Å². The maximum atomic E-state index is 4.86. The molecule has 0 saturated heterocycles. The SMILES string of the molecule is Cc1cc(N(c2ccccc2)c2ccc(N(c3ccccc3)c3ccccc3)cc2)ccc1-c1cn2ccccc2n1. The number of imidazole rings is 1. The largest absolute Gasteiger partial charge is 0.311 e. The predicted molar refractivity (Wildman–Crippen MR) is 175 cm³/mol. The van der Waals surface area contributed by atoms with Crippen molar-refractivity contribution in [1.29, 1.82) is 0 Å². The van der Waals surface area contributed by atoms with Crippen molar-refractivity contribution in [1.82, 2.24) is 9.38 Å². The molecule has 202 valence electrons. The normalized spacial score (nSPS) is 11.0. The van der Waals surface area contributed by atoms with Crippen molar-refractivity contribution in [2.75, 3.05) is 9.80 Å². The lowest BCUT2D eigenvalue weighted by Gasteiger charge is -2.28. The fourth-order valence-corrected chi connectivity index (χ4v) is 5.52. The Kier molecular flexibility index (Phi) is 6.71. The second kappa shape index (κ2) is 11.1. The van der Waals surface area contributed by atoms with Gasteiger partial charge in [-0.1, -0.05) is 66.7 Å². The molecule has 0 unspecified atom stereocenters. The first-order valence-corrected chi connectivity index (χ1v) is 14.1. The van der Waals surface area contributed by atoms with Crippen molar-refractivity contribution < 1.29 is 0 Å². The highest BCUT2D eigenvalue weighted by Crippen LogP contribution is 2.40. The molecule has 4 heteroatoms. The summed E-state index contributed by atoms with van der Waals surface area (Å²) in [6.45, 7) is 2.16. The van der Waals surface area contributed by atoms with Gasteiger partial charge in [-0.15, -0.1) is 0 Å². The fraction of sp³-hybridized carbons (Fsp3) is 0.0263. The molecule has 0 amide bonds. The van der Waals surface area contributed by atoms with Crippen LogP contribution in [0.15, 0.2) is 164 Å². The van der Waals surface area contributed by atoms with Crippen LogP contribution < -0.4 is 9.80 Å². The van der Waals surface area contributed by atoms with Gasteiger partial charge in [0.05, 0.1) is 5.69 Å². The third-order valence-electron chi connectivity index (χ3n) is 7.52. The zero-order valence-electron chi connectivity index (χ0n) is 23.4. The summed E-state index contributed by atoms with van der Waals surface area (Å²) >= 11 is 0. The molecule has 2 heterocycles. The summed E-state index contributed by atoms with van der Waals surface area (Å²) in [6, 6.07) is 53.0. The van der Waals surface area contributed by atoms with Crippen LogP contribution in [0.5, 0.6) is 0 Å². The second-order valence-corrected chi connectivity index (χ2v) is 10.3. The second-order valence-electron chi connectivity index (χ2n) is 10.3. The molecule has 0 radical (unpaired) electrons. The van der Waals surface area contributed by atoms with Gasteiger partial charge in [-0.2, -0.15) is 0 Å². The lowest BCUT2D eigenvalue weighted by molar-refractivity contribution is 1.19. The molecule has 0 spiro atoms. The minimum absolute atomic E-state index is 0.946. The lowest BCUT2D eigenvalue weighted by atomic mass is 10.0. The summed E-state index contributed by atoms with van der Waals surface area (Å²) < 4.78 is 2.06. The molecular formula is C38H30N4. The summed E-state index contributed by atoms with van der Waals surface area (Å²) in [6.07, 6.45) is 4.13. The van der Waals surface area contributed by atoms with Crippen LogP contribution >= 0.6 is 0 Å². The Morgan fingerprint density at radius 3 is 1.43 bits per heavy atom. The number of aryl methyl sites for hydroxylation is 1. The van der Waals surface area contributed by atoms with Crippen LogP contribution in [0.2, 0.25) is 0 Å². The van der Waals surface area contributed by atoms with E-state index in [1.807, 2.05) is 24.4 Å². The molecule has 0 saturated carbocycles. The van der Waals surface area contributed by atoms with Gasteiger partial charge in [-0.3, -0.25) is 0 Å². The van der Waals surface area contributed by atoms with Crippen molar-refractivity contribution in [2.45, 2.75) is 6.92 Å². The van der Waals surface area contributed by atoms with Gasteiger partial charge < -0.3 is 14.2 Å². The quantitative estimate of drug-likeness (QED) is 0.200. The highest BCUT2D eigenvalue weighted by Gasteiger charge is 2.17. The van der Waals surface area contributed by atoms with E-state index >= 15 is 0 Å². The standard InChI is InChI=1S/C38H30N4/c1-29-27-35(24-25-36(29)37-28-40-26-12-11-19-38(40)39-37)42(32-17-9-4-10-18-32)34-22-20-33(21-23-34)41(30-13-5-2-6-14-30)31-15-7-3-8-16-31/h2-28H,1H3. The van der Waals surface area contributed by atoms with E-state index in [2.05, 4.69) is 161 Å². The first kappa shape index (κ1) is 25.4. The Labute approximate surface area is 246 Å². The Morgan fingerprint density at radius 1 is 0.476 bits per heavy atom. The average Bonchev–Trinajstić information content (AvgIpc) is 3.48. The Hall–Kier alpha value is -5.61. The molecule has 0 atom stereocenters. The van der Waals surface area contributed by atoms with E-state index in [0.29, 0.717) is 0 Å².